The van der Waals surface area contributed by atoms with E-state index in [2.05, 4.69) is 15.3 Å². The number of alkyl halides is 3. The number of rotatable bonds is 1. The van der Waals surface area contributed by atoms with Gasteiger partial charge in [0.1, 0.15) is 5.75 Å². The van der Waals surface area contributed by atoms with Crippen molar-refractivity contribution in [3.63, 3.8) is 0 Å². The highest BCUT2D eigenvalue weighted by Gasteiger charge is 2.35. The van der Waals surface area contributed by atoms with Crippen molar-refractivity contribution in [1.29, 1.82) is 0 Å². The Hall–Kier alpha value is -2.15. The number of ether oxygens (including phenoxy) is 1. The lowest BCUT2D eigenvalue weighted by Gasteiger charge is -2.17. The van der Waals surface area contributed by atoms with Gasteiger partial charge in [-0.1, -0.05) is 18.2 Å². The third-order valence-electron chi connectivity index (χ3n) is 3.15. The second kappa shape index (κ2) is 5.33. The molecule has 0 saturated carbocycles. The molecule has 0 fully saturated rings. The Kier molecular flexibility index (Phi) is 3.50. The van der Waals surface area contributed by atoms with E-state index in [-0.39, 0.29) is 5.69 Å². The largest absolute Gasteiger partial charge is 0.482 e. The number of nitrogens with one attached hydrogen (secondary N) is 1. The summed E-state index contributed by atoms with van der Waals surface area (Å²) in [7, 11) is 0. The Bertz CT molecular complexity index is 645. The first-order chi connectivity index (χ1) is 10.0. The van der Waals surface area contributed by atoms with Gasteiger partial charge in [-0.3, -0.25) is 0 Å². The fourth-order valence-corrected chi connectivity index (χ4v) is 2.15. The van der Waals surface area contributed by atoms with E-state index in [1.807, 2.05) is 18.2 Å². The van der Waals surface area contributed by atoms with Gasteiger partial charge in [0.25, 0.3) is 0 Å². The zero-order chi connectivity index (χ0) is 14.9. The van der Waals surface area contributed by atoms with Gasteiger partial charge in [0, 0.05) is 24.8 Å². The van der Waals surface area contributed by atoms with Gasteiger partial charge in [-0.2, -0.15) is 13.2 Å². The molecule has 1 aromatic heterocycles. The number of halogens is 3. The molecule has 0 amide bonds. The van der Waals surface area contributed by atoms with Crippen molar-refractivity contribution in [2.75, 3.05) is 6.54 Å². The molecule has 1 aliphatic heterocycles. The van der Waals surface area contributed by atoms with Crippen molar-refractivity contribution in [2.24, 2.45) is 0 Å². The molecule has 1 atom stereocenters. The Morgan fingerprint density at radius 1 is 1.19 bits per heavy atom. The minimum absolute atomic E-state index is 0.210. The average molecular weight is 295 g/mol. The molecule has 0 aliphatic carbocycles. The molecule has 110 valence electrons. The van der Waals surface area contributed by atoms with E-state index in [4.69, 9.17) is 4.74 Å². The van der Waals surface area contributed by atoms with Gasteiger partial charge in [-0.05, 0) is 12.1 Å². The van der Waals surface area contributed by atoms with Crippen LogP contribution < -0.4 is 10.1 Å². The van der Waals surface area contributed by atoms with Crippen LogP contribution in [0.15, 0.2) is 36.5 Å². The summed E-state index contributed by atoms with van der Waals surface area (Å²) in [5.74, 6) is -0.499. The molecule has 2 aromatic rings. The number of aromatic nitrogens is 2. The maximum Gasteiger partial charge on any atom is 0.451 e. The summed E-state index contributed by atoms with van der Waals surface area (Å²) < 4.78 is 43.8. The molecule has 21 heavy (non-hydrogen) atoms. The van der Waals surface area contributed by atoms with Gasteiger partial charge in [0.2, 0.25) is 5.82 Å². The Labute approximate surface area is 119 Å². The van der Waals surface area contributed by atoms with Crippen LogP contribution in [0, 0.1) is 0 Å². The van der Waals surface area contributed by atoms with Crippen LogP contribution >= 0.6 is 0 Å². The molecule has 7 heteroatoms. The summed E-state index contributed by atoms with van der Waals surface area (Å²) in [6.45, 7) is 0.979. The van der Waals surface area contributed by atoms with Crippen molar-refractivity contribution >= 4 is 0 Å². The molecule has 4 nitrogen and oxygen atoms in total. The van der Waals surface area contributed by atoms with Crippen LogP contribution in [0.1, 0.15) is 23.2 Å². The first-order valence-electron chi connectivity index (χ1n) is 6.39. The summed E-state index contributed by atoms with van der Waals surface area (Å²) in [5, 5.41) is 3.14. The molecule has 1 aliphatic rings. The molecule has 0 bridgehead atoms. The molecule has 0 spiro atoms. The first kappa shape index (κ1) is 13.8. The van der Waals surface area contributed by atoms with Crippen LogP contribution in [0.3, 0.4) is 0 Å². The van der Waals surface area contributed by atoms with Crippen molar-refractivity contribution < 1.29 is 17.9 Å². The predicted molar refractivity (Wildman–Crippen MR) is 68.6 cm³/mol. The molecule has 1 aromatic carbocycles. The number of para-hydroxylation sites is 1. The van der Waals surface area contributed by atoms with Gasteiger partial charge in [-0.25, -0.2) is 9.97 Å². The highest BCUT2D eigenvalue weighted by Crippen LogP contribution is 2.29. The van der Waals surface area contributed by atoms with E-state index >= 15 is 0 Å². The zero-order valence-electron chi connectivity index (χ0n) is 10.9. The van der Waals surface area contributed by atoms with E-state index in [1.54, 1.807) is 6.07 Å². The Balaban J connectivity index is 1.91. The second-order valence-corrected chi connectivity index (χ2v) is 4.65. The number of hydrogen-bond acceptors (Lipinski definition) is 4. The van der Waals surface area contributed by atoms with Crippen LogP contribution in [0.4, 0.5) is 13.2 Å². The number of benzene rings is 1. The molecule has 0 saturated heterocycles. The van der Waals surface area contributed by atoms with Crippen LogP contribution in [-0.2, 0) is 12.7 Å². The van der Waals surface area contributed by atoms with Crippen molar-refractivity contribution in [2.45, 2.75) is 18.8 Å². The lowest BCUT2D eigenvalue weighted by molar-refractivity contribution is -0.145. The average Bonchev–Trinajstić information content (AvgIpc) is 2.68. The molecular formula is C14H12F3N3O. The monoisotopic (exact) mass is 295 g/mol. The lowest BCUT2D eigenvalue weighted by Crippen LogP contribution is -2.23. The molecule has 3 rings (SSSR count). The fraction of sp³-hybridized carbons (Fsp3) is 0.286. The van der Waals surface area contributed by atoms with Crippen LogP contribution in [-0.4, -0.2) is 16.5 Å². The highest BCUT2D eigenvalue weighted by atomic mass is 19.4. The van der Waals surface area contributed by atoms with Crippen LogP contribution in [0.5, 0.6) is 5.75 Å². The van der Waals surface area contributed by atoms with Crippen LogP contribution in [0.25, 0.3) is 0 Å². The molecule has 1 N–H and O–H groups in total. The number of hydrogen-bond donors (Lipinski definition) is 1. The van der Waals surface area contributed by atoms with E-state index in [0.717, 1.165) is 11.8 Å². The number of fused-ring (bicyclic) bond motifs is 1. The number of nitrogens with zero attached hydrogens (tertiary/aromatic N) is 2. The third kappa shape index (κ3) is 2.97. The van der Waals surface area contributed by atoms with E-state index in [0.29, 0.717) is 18.8 Å². The van der Waals surface area contributed by atoms with Gasteiger partial charge in [0.15, 0.2) is 6.10 Å². The minimum Gasteiger partial charge on any atom is -0.482 e. The van der Waals surface area contributed by atoms with Crippen molar-refractivity contribution in [1.82, 2.24) is 15.3 Å². The van der Waals surface area contributed by atoms with Gasteiger partial charge in [-0.15, -0.1) is 0 Å². The maximum atomic E-state index is 12.7. The molecule has 1 unspecified atom stereocenters. The van der Waals surface area contributed by atoms with E-state index in [9.17, 15) is 13.2 Å². The third-order valence-corrected chi connectivity index (χ3v) is 3.15. The molecule has 0 radical (unpaired) electrons. The lowest BCUT2D eigenvalue weighted by atomic mass is 10.2. The molecule has 2 heterocycles. The van der Waals surface area contributed by atoms with Gasteiger partial charge < -0.3 is 10.1 Å². The Morgan fingerprint density at radius 2 is 2.00 bits per heavy atom. The topological polar surface area (TPSA) is 47.0 Å². The van der Waals surface area contributed by atoms with Crippen molar-refractivity contribution in [3.05, 3.63) is 53.6 Å². The minimum atomic E-state index is -4.56. The van der Waals surface area contributed by atoms with Crippen molar-refractivity contribution in [3.8, 4) is 5.75 Å². The quantitative estimate of drug-likeness (QED) is 0.878. The second-order valence-electron chi connectivity index (χ2n) is 4.65. The maximum absolute atomic E-state index is 12.7. The van der Waals surface area contributed by atoms with Gasteiger partial charge >= 0.3 is 6.18 Å². The smallest absolute Gasteiger partial charge is 0.451 e. The zero-order valence-corrected chi connectivity index (χ0v) is 10.9. The van der Waals surface area contributed by atoms with Crippen LogP contribution in [0.2, 0.25) is 0 Å². The van der Waals surface area contributed by atoms with E-state index in [1.165, 1.54) is 6.07 Å². The van der Waals surface area contributed by atoms with E-state index < -0.39 is 18.1 Å². The SMILES string of the molecule is FC(F)(F)c1nccc(C2CNCc3ccccc3O2)n1. The normalized spacial score (nSPS) is 18.5. The van der Waals surface area contributed by atoms with Gasteiger partial charge in [0.05, 0.1) is 5.69 Å². The Morgan fingerprint density at radius 3 is 2.81 bits per heavy atom. The molecular weight excluding hydrogens is 283 g/mol. The standard InChI is InChI=1S/C14H12F3N3O/c15-14(16,17)13-19-6-5-10(20-13)12-8-18-7-9-3-1-2-4-11(9)21-12/h1-6,12,18H,7-8H2. The predicted octanol–water partition coefficient (Wildman–Crippen LogP) is 2.72. The summed E-state index contributed by atoms with van der Waals surface area (Å²) in [4.78, 5) is 6.84. The highest BCUT2D eigenvalue weighted by molar-refractivity contribution is 5.34. The summed E-state index contributed by atoms with van der Waals surface area (Å²) >= 11 is 0. The first-order valence-corrected chi connectivity index (χ1v) is 6.39. The summed E-state index contributed by atoms with van der Waals surface area (Å²) in [5.41, 5.74) is 1.17. The summed E-state index contributed by atoms with van der Waals surface area (Å²) in [6.07, 6.45) is -4.05. The fourth-order valence-electron chi connectivity index (χ4n) is 2.15. The summed E-state index contributed by atoms with van der Waals surface area (Å²) in [6, 6.07) is 8.85.